The number of carbonyl (C=O) groups is 1. The zero-order valence-corrected chi connectivity index (χ0v) is 20.0. The highest BCUT2D eigenvalue weighted by Gasteiger charge is 2.27. The van der Waals surface area contributed by atoms with Gasteiger partial charge in [0.2, 0.25) is 5.91 Å². The predicted molar refractivity (Wildman–Crippen MR) is 123 cm³/mol. The van der Waals surface area contributed by atoms with E-state index in [9.17, 15) is 4.79 Å². The lowest BCUT2D eigenvalue weighted by atomic mass is 9.92. The summed E-state index contributed by atoms with van der Waals surface area (Å²) in [7, 11) is 3.35. The molecule has 1 aromatic carbocycles. The molecule has 1 unspecified atom stereocenters. The summed E-state index contributed by atoms with van der Waals surface area (Å²) in [5, 5.41) is 9.18. The van der Waals surface area contributed by atoms with E-state index in [1.54, 1.807) is 14.1 Å². The van der Waals surface area contributed by atoms with E-state index >= 15 is 0 Å². The van der Waals surface area contributed by atoms with E-state index in [1.807, 2.05) is 26.8 Å². The van der Waals surface area contributed by atoms with Crippen molar-refractivity contribution in [2.75, 3.05) is 27.2 Å². The van der Waals surface area contributed by atoms with Crippen molar-refractivity contribution in [3.05, 3.63) is 23.3 Å². The van der Waals surface area contributed by atoms with Crippen LogP contribution in [0.15, 0.2) is 17.1 Å². The first kappa shape index (κ1) is 24.3. The molecule has 8 heteroatoms. The number of hydrogen-bond acceptors (Lipinski definition) is 4. The van der Waals surface area contributed by atoms with Crippen molar-refractivity contribution >= 4 is 35.8 Å². The van der Waals surface area contributed by atoms with Crippen LogP contribution in [0, 0.1) is 5.41 Å². The molecule has 1 aliphatic heterocycles. The number of nitrogens with zero attached hydrogens (tertiary/aromatic N) is 1. The van der Waals surface area contributed by atoms with Gasteiger partial charge >= 0.3 is 0 Å². The summed E-state index contributed by atoms with van der Waals surface area (Å²) in [4.78, 5) is 16.2. The van der Waals surface area contributed by atoms with E-state index in [0.717, 1.165) is 23.5 Å². The van der Waals surface area contributed by atoms with E-state index in [0.29, 0.717) is 25.7 Å². The predicted octanol–water partition coefficient (Wildman–Crippen LogP) is 2.46. The van der Waals surface area contributed by atoms with Crippen LogP contribution in [-0.2, 0) is 17.8 Å². The average molecular weight is 504 g/mol. The lowest BCUT2D eigenvalue weighted by Gasteiger charge is -2.24. The second-order valence-electron chi connectivity index (χ2n) is 7.38. The molecule has 7 nitrogen and oxygen atoms in total. The molecule has 0 spiro atoms. The van der Waals surface area contributed by atoms with Gasteiger partial charge in [-0.1, -0.05) is 0 Å². The van der Waals surface area contributed by atoms with Crippen LogP contribution >= 0.6 is 24.0 Å². The van der Waals surface area contributed by atoms with Gasteiger partial charge in [0, 0.05) is 44.7 Å². The molecule has 28 heavy (non-hydrogen) atoms. The van der Waals surface area contributed by atoms with Crippen molar-refractivity contribution in [3.8, 4) is 11.5 Å². The average Bonchev–Trinajstić information content (AvgIpc) is 3.00. The van der Waals surface area contributed by atoms with Crippen molar-refractivity contribution in [3.63, 3.8) is 0 Å². The molecule has 1 aromatic rings. The van der Waals surface area contributed by atoms with Crippen LogP contribution in [0.2, 0.25) is 0 Å². The first-order chi connectivity index (χ1) is 12.8. The maximum atomic E-state index is 11.9. The number of amides is 1. The summed E-state index contributed by atoms with van der Waals surface area (Å²) < 4.78 is 11.7. The molecule has 0 radical (unpaired) electrons. The minimum absolute atomic E-state index is 0. The van der Waals surface area contributed by atoms with Crippen LogP contribution in [0.3, 0.4) is 0 Å². The molecule has 0 fully saturated rings. The lowest BCUT2D eigenvalue weighted by Crippen LogP contribution is -2.47. The number of guanidine groups is 1. The van der Waals surface area contributed by atoms with Crippen LogP contribution in [-0.4, -0.2) is 45.2 Å². The number of fused-ring (bicyclic) bond motifs is 1. The minimum Gasteiger partial charge on any atom is -0.494 e. The number of hydrogen-bond donors (Lipinski definition) is 3. The summed E-state index contributed by atoms with van der Waals surface area (Å²) in [6.45, 7) is 9.44. The second-order valence-corrected chi connectivity index (χ2v) is 7.38. The highest BCUT2D eigenvalue weighted by molar-refractivity contribution is 14.0. The molecule has 0 aliphatic carbocycles. The largest absolute Gasteiger partial charge is 0.494 e. The highest BCUT2D eigenvalue weighted by atomic mass is 127. The van der Waals surface area contributed by atoms with Gasteiger partial charge in [0.1, 0.15) is 17.6 Å². The third-order valence-corrected chi connectivity index (χ3v) is 4.59. The van der Waals surface area contributed by atoms with Gasteiger partial charge in [-0.2, -0.15) is 0 Å². The molecule has 2 rings (SSSR count). The summed E-state index contributed by atoms with van der Waals surface area (Å²) in [6.07, 6.45) is 1.10. The third-order valence-electron chi connectivity index (χ3n) is 4.59. The Kier molecular flexibility index (Phi) is 9.32. The van der Waals surface area contributed by atoms with Crippen LogP contribution in [0.25, 0.3) is 0 Å². The van der Waals surface area contributed by atoms with Gasteiger partial charge in [-0.3, -0.25) is 9.79 Å². The van der Waals surface area contributed by atoms with E-state index in [-0.39, 0.29) is 36.0 Å². The summed E-state index contributed by atoms with van der Waals surface area (Å²) in [6, 6.07) is 4.11. The number of nitrogens with one attached hydrogen (secondary N) is 3. The fourth-order valence-electron chi connectivity index (χ4n) is 3.03. The smallest absolute Gasteiger partial charge is 0.227 e. The Bertz CT molecular complexity index is 707. The molecule has 1 aliphatic rings. The molecule has 0 aromatic heterocycles. The number of aliphatic imine (C=N–C) groups is 1. The monoisotopic (exact) mass is 504 g/mol. The van der Waals surface area contributed by atoms with Gasteiger partial charge in [0.25, 0.3) is 0 Å². The number of benzene rings is 1. The van der Waals surface area contributed by atoms with Crippen molar-refractivity contribution in [2.24, 2.45) is 10.4 Å². The fraction of sp³-hybridized carbons (Fsp3) is 0.600. The van der Waals surface area contributed by atoms with Crippen molar-refractivity contribution < 1.29 is 14.3 Å². The van der Waals surface area contributed by atoms with E-state index < -0.39 is 5.41 Å². The first-order valence-electron chi connectivity index (χ1n) is 9.42. The van der Waals surface area contributed by atoms with E-state index in [2.05, 4.69) is 33.9 Å². The van der Waals surface area contributed by atoms with Gasteiger partial charge in [0.15, 0.2) is 5.96 Å². The Morgan fingerprint density at radius 1 is 1.36 bits per heavy atom. The number of rotatable bonds is 7. The van der Waals surface area contributed by atoms with Gasteiger partial charge in [-0.05, 0) is 39.8 Å². The third kappa shape index (κ3) is 6.15. The zero-order chi connectivity index (χ0) is 20.0. The van der Waals surface area contributed by atoms with Crippen LogP contribution < -0.4 is 25.4 Å². The van der Waals surface area contributed by atoms with Crippen LogP contribution in [0.5, 0.6) is 11.5 Å². The molecule has 1 atom stereocenters. The van der Waals surface area contributed by atoms with Crippen LogP contribution in [0.4, 0.5) is 0 Å². The standard InChI is InChI=1S/C20H32N4O3.HI/c1-7-26-16-9-14-8-13(2)27-17(14)10-15(16)11-23-19(22-6)24-12-20(3,4)18(25)21-5;/h9-10,13H,7-8,11-12H2,1-6H3,(H,21,25)(H2,22,23,24);1H. The summed E-state index contributed by atoms with van der Waals surface area (Å²) >= 11 is 0. The Hall–Kier alpha value is -1.71. The van der Waals surface area contributed by atoms with E-state index in [1.165, 1.54) is 5.56 Å². The molecule has 3 N–H and O–H groups in total. The Balaban J connectivity index is 0.00000392. The minimum atomic E-state index is -0.541. The molecule has 0 saturated heterocycles. The lowest BCUT2D eigenvalue weighted by molar-refractivity contribution is -0.128. The fourth-order valence-corrected chi connectivity index (χ4v) is 3.03. The van der Waals surface area contributed by atoms with E-state index in [4.69, 9.17) is 9.47 Å². The Labute approximate surface area is 185 Å². The SMILES string of the molecule is CCOc1cc2c(cc1CNC(=NC)NCC(C)(C)C(=O)NC)OC(C)C2.I. The van der Waals surface area contributed by atoms with Gasteiger partial charge in [-0.25, -0.2) is 0 Å². The van der Waals surface area contributed by atoms with Gasteiger partial charge < -0.3 is 25.4 Å². The maximum Gasteiger partial charge on any atom is 0.227 e. The number of ether oxygens (including phenoxy) is 2. The van der Waals surface area contributed by atoms with Gasteiger partial charge in [0.05, 0.1) is 12.0 Å². The summed E-state index contributed by atoms with van der Waals surface area (Å²) in [5.41, 5.74) is 1.66. The Morgan fingerprint density at radius 3 is 2.68 bits per heavy atom. The number of carbonyl (C=O) groups excluding carboxylic acids is 1. The topological polar surface area (TPSA) is 84.0 Å². The molecular formula is C20H33IN4O3. The molecule has 158 valence electrons. The second kappa shape index (κ2) is 10.7. The number of halogens is 1. The molecule has 1 heterocycles. The first-order valence-corrected chi connectivity index (χ1v) is 9.42. The zero-order valence-electron chi connectivity index (χ0n) is 17.6. The van der Waals surface area contributed by atoms with Crippen molar-refractivity contribution in [1.29, 1.82) is 0 Å². The quantitative estimate of drug-likeness (QED) is 0.302. The van der Waals surface area contributed by atoms with Crippen molar-refractivity contribution in [2.45, 2.75) is 46.8 Å². The maximum absolute atomic E-state index is 11.9. The molecule has 1 amide bonds. The Morgan fingerprint density at radius 2 is 2.07 bits per heavy atom. The molecular weight excluding hydrogens is 471 g/mol. The van der Waals surface area contributed by atoms with Gasteiger partial charge in [-0.15, -0.1) is 24.0 Å². The molecule has 0 bridgehead atoms. The molecule has 0 saturated carbocycles. The normalized spacial score (nSPS) is 15.8. The van der Waals surface area contributed by atoms with Crippen LogP contribution in [0.1, 0.15) is 38.8 Å². The van der Waals surface area contributed by atoms with Crippen molar-refractivity contribution in [1.82, 2.24) is 16.0 Å². The summed E-state index contributed by atoms with van der Waals surface area (Å²) in [5.74, 6) is 2.40. The highest BCUT2D eigenvalue weighted by Crippen LogP contribution is 2.35.